The maximum atomic E-state index is 13.3. The van der Waals surface area contributed by atoms with E-state index in [1.54, 1.807) is 7.11 Å². The highest BCUT2D eigenvalue weighted by molar-refractivity contribution is 5.98. The Balaban J connectivity index is 1.53. The Morgan fingerprint density at radius 1 is 1.09 bits per heavy atom. The van der Waals surface area contributed by atoms with Crippen LogP contribution in [0.2, 0.25) is 0 Å². The normalized spacial score (nSPS) is 17.2. The fourth-order valence-electron chi connectivity index (χ4n) is 4.17. The first kappa shape index (κ1) is 23.1. The molecule has 8 nitrogen and oxygen atoms in total. The third-order valence-electron chi connectivity index (χ3n) is 6.24. The zero-order chi connectivity index (χ0) is 23.4. The molecule has 0 spiro atoms. The lowest BCUT2D eigenvalue weighted by atomic mass is 9.95. The summed E-state index contributed by atoms with van der Waals surface area (Å²) in [7, 11) is 7.86. The van der Waals surface area contributed by atoms with Gasteiger partial charge in [0.25, 0.3) is 0 Å². The Morgan fingerprint density at radius 2 is 1.94 bits per heavy atom. The molecule has 2 heterocycles. The van der Waals surface area contributed by atoms with E-state index in [4.69, 9.17) is 4.74 Å². The van der Waals surface area contributed by atoms with Gasteiger partial charge in [0.15, 0.2) is 0 Å². The summed E-state index contributed by atoms with van der Waals surface area (Å²) in [5.41, 5.74) is 12.7. The van der Waals surface area contributed by atoms with E-state index in [0.717, 1.165) is 47.9 Å². The van der Waals surface area contributed by atoms with Gasteiger partial charge in [0, 0.05) is 39.4 Å². The first-order chi connectivity index (χ1) is 15.9. The topological polar surface area (TPSA) is 80.9 Å². The van der Waals surface area contributed by atoms with Gasteiger partial charge in [-0.05, 0) is 67.0 Å². The van der Waals surface area contributed by atoms with Crippen LogP contribution in [0, 0.1) is 0 Å². The molecule has 4 rings (SSSR count). The molecule has 0 fully saturated rings. The molecule has 1 amide bonds. The lowest BCUT2D eigenvalue weighted by molar-refractivity contribution is -0.118. The SMILES string of the molecule is COc1ccc2c(c1)CC(C(=O)Nc1ccc(C3=CNNC3)cc1N(C)CCN(C)C)NC2. The van der Waals surface area contributed by atoms with E-state index in [1.165, 1.54) is 11.1 Å². The number of methoxy groups -OCH3 is 1. The van der Waals surface area contributed by atoms with Crippen LogP contribution >= 0.6 is 0 Å². The number of anilines is 2. The number of carbonyl (C=O) groups is 1. The van der Waals surface area contributed by atoms with Crippen molar-refractivity contribution in [3.63, 3.8) is 0 Å². The van der Waals surface area contributed by atoms with Crippen molar-refractivity contribution in [1.82, 2.24) is 21.1 Å². The van der Waals surface area contributed by atoms with Crippen LogP contribution in [0.3, 0.4) is 0 Å². The van der Waals surface area contributed by atoms with Gasteiger partial charge in [-0.15, -0.1) is 0 Å². The number of likely N-dealkylation sites (N-methyl/N-ethyl adjacent to an activating group) is 2. The fourth-order valence-corrected chi connectivity index (χ4v) is 4.17. The molecule has 0 aromatic heterocycles. The van der Waals surface area contributed by atoms with Crippen molar-refractivity contribution >= 4 is 22.9 Å². The average molecular weight is 451 g/mol. The first-order valence-corrected chi connectivity index (χ1v) is 11.3. The number of fused-ring (bicyclic) bond motifs is 1. The van der Waals surface area contributed by atoms with Crippen LogP contribution in [0.25, 0.3) is 5.57 Å². The molecular weight excluding hydrogens is 416 g/mol. The van der Waals surface area contributed by atoms with Crippen LogP contribution in [0.5, 0.6) is 5.75 Å². The molecule has 1 atom stereocenters. The highest BCUT2D eigenvalue weighted by atomic mass is 16.5. The summed E-state index contributed by atoms with van der Waals surface area (Å²) in [6, 6.07) is 12.0. The molecule has 4 N–H and O–H groups in total. The molecule has 0 bridgehead atoms. The van der Waals surface area contributed by atoms with Crippen molar-refractivity contribution in [2.45, 2.75) is 19.0 Å². The van der Waals surface area contributed by atoms with Crippen molar-refractivity contribution < 1.29 is 9.53 Å². The molecule has 2 aromatic carbocycles. The van der Waals surface area contributed by atoms with Gasteiger partial charge >= 0.3 is 0 Å². The minimum Gasteiger partial charge on any atom is -0.497 e. The molecule has 8 heteroatoms. The summed E-state index contributed by atoms with van der Waals surface area (Å²) in [6.45, 7) is 3.20. The molecule has 0 aliphatic carbocycles. The number of ether oxygens (including phenoxy) is 1. The van der Waals surface area contributed by atoms with Crippen molar-refractivity contribution in [1.29, 1.82) is 0 Å². The molecule has 33 heavy (non-hydrogen) atoms. The van der Waals surface area contributed by atoms with Crippen molar-refractivity contribution in [3.05, 3.63) is 59.3 Å². The molecule has 2 aromatic rings. The fraction of sp³-hybridized carbons (Fsp3) is 0.400. The number of nitrogens with one attached hydrogen (secondary N) is 4. The van der Waals surface area contributed by atoms with E-state index in [9.17, 15) is 4.79 Å². The average Bonchev–Trinajstić information content (AvgIpc) is 3.37. The number of hydrogen-bond acceptors (Lipinski definition) is 7. The van der Waals surface area contributed by atoms with Gasteiger partial charge in [0.2, 0.25) is 5.91 Å². The van der Waals surface area contributed by atoms with Gasteiger partial charge in [-0.25, -0.2) is 5.43 Å². The number of amides is 1. The van der Waals surface area contributed by atoms with E-state index in [-0.39, 0.29) is 11.9 Å². The van der Waals surface area contributed by atoms with Crippen molar-refractivity contribution in [2.75, 3.05) is 58.1 Å². The van der Waals surface area contributed by atoms with Crippen molar-refractivity contribution in [2.24, 2.45) is 0 Å². The molecule has 2 aliphatic rings. The van der Waals surface area contributed by atoms with Gasteiger partial charge < -0.3 is 30.6 Å². The zero-order valence-electron chi connectivity index (χ0n) is 19.9. The predicted octanol–water partition coefficient (Wildman–Crippen LogP) is 1.79. The van der Waals surface area contributed by atoms with Crippen LogP contribution < -0.4 is 31.1 Å². The minimum absolute atomic E-state index is 0.0260. The van der Waals surface area contributed by atoms with Crippen LogP contribution in [0.4, 0.5) is 11.4 Å². The highest BCUT2D eigenvalue weighted by Gasteiger charge is 2.25. The lowest BCUT2D eigenvalue weighted by Crippen LogP contribution is -2.44. The van der Waals surface area contributed by atoms with Gasteiger partial charge in [0.05, 0.1) is 24.5 Å². The summed E-state index contributed by atoms with van der Waals surface area (Å²) >= 11 is 0. The van der Waals surface area contributed by atoms with E-state index in [0.29, 0.717) is 13.0 Å². The van der Waals surface area contributed by atoms with E-state index >= 15 is 0 Å². The zero-order valence-corrected chi connectivity index (χ0v) is 19.9. The lowest BCUT2D eigenvalue weighted by Gasteiger charge is -2.28. The van der Waals surface area contributed by atoms with E-state index in [1.807, 2.05) is 24.4 Å². The van der Waals surface area contributed by atoms with E-state index < -0.39 is 0 Å². The maximum Gasteiger partial charge on any atom is 0.241 e. The largest absolute Gasteiger partial charge is 0.497 e. The summed E-state index contributed by atoms with van der Waals surface area (Å²) in [5, 5.41) is 6.57. The number of carbonyl (C=O) groups excluding carboxylic acids is 1. The first-order valence-electron chi connectivity index (χ1n) is 11.3. The van der Waals surface area contributed by atoms with Gasteiger partial charge in [-0.1, -0.05) is 12.1 Å². The van der Waals surface area contributed by atoms with Gasteiger partial charge in [-0.3, -0.25) is 4.79 Å². The molecule has 0 radical (unpaired) electrons. The highest BCUT2D eigenvalue weighted by Crippen LogP contribution is 2.30. The standard InChI is InChI=1S/C25H34N6O2/c1-30(2)9-10-31(3)24-13-17(20-15-27-28-16-20)6-8-22(24)29-25(32)23-12-19-11-21(33-4)7-5-18(19)14-26-23/h5-8,11,13,15,23,26-28H,9-10,12,14,16H2,1-4H3,(H,29,32). The Bertz CT molecular complexity index is 1040. The summed E-state index contributed by atoms with van der Waals surface area (Å²) in [5.74, 6) is 0.794. The van der Waals surface area contributed by atoms with Crippen molar-refractivity contribution in [3.8, 4) is 5.75 Å². The second-order valence-corrected chi connectivity index (χ2v) is 8.89. The molecular formula is C25H34N6O2. The molecule has 2 aliphatic heterocycles. The number of hydrazine groups is 1. The molecule has 176 valence electrons. The number of rotatable bonds is 8. The Kier molecular flexibility index (Phi) is 7.17. The number of hydrogen-bond donors (Lipinski definition) is 4. The second kappa shape index (κ2) is 10.2. The van der Waals surface area contributed by atoms with Crippen LogP contribution in [-0.2, 0) is 17.8 Å². The summed E-state index contributed by atoms with van der Waals surface area (Å²) < 4.78 is 5.36. The van der Waals surface area contributed by atoms with E-state index in [2.05, 4.69) is 70.6 Å². The Labute approximate surface area is 195 Å². The minimum atomic E-state index is -0.296. The Hall–Kier alpha value is -3.07. The van der Waals surface area contributed by atoms with Crippen LogP contribution in [-0.4, -0.2) is 64.7 Å². The van der Waals surface area contributed by atoms with Gasteiger partial charge in [0.1, 0.15) is 5.75 Å². The molecule has 0 saturated heterocycles. The summed E-state index contributed by atoms with van der Waals surface area (Å²) in [6.07, 6.45) is 2.61. The predicted molar refractivity (Wildman–Crippen MR) is 133 cm³/mol. The molecule has 1 unspecified atom stereocenters. The maximum absolute atomic E-state index is 13.3. The quantitative estimate of drug-likeness (QED) is 0.488. The van der Waals surface area contributed by atoms with Gasteiger partial charge in [-0.2, -0.15) is 0 Å². The number of nitrogens with zero attached hydrogens (tertiary/aromatic N) is 2. The summed E-state index contributed by atoms with van der Waals surface area (Å²) in [4.78, 5) is 17.6. The monoisotopic (exact) mass is 450 g/mol. The smallest absolute Gasteiger partial charge is 0.241 e. The van der Waals surface area contributed by atoms with Crippen LogP contribution in [0.15, 0.2) is 42.6 Å². The third-order valence-corrected chi connectivity index (χ3v) is 6.24. The number of benzene rings is 2. The third kappa shape index (κ3) is 5.47. The molecule has 0 saturated carbocycles. The van der Waals surface area contributed by atoms with Crippen LogP contribution in [0.1, 0.15) is 16.7 Å². The second-order valence-electron chi connectivity index (χ2n) is 8.89. The Morgan fingerprint density at radius 3 is 2.67 bits per heavy atom.